The molecule has 3 N–H and O–H groups in total. The van der Waals surface area contributed by atoms with Crippen LogP contribution >= 0.6 is 0 Å². The number of aliphatic hydroxyl groups excluding tert-OH is 1. The van der Waals surface area contributed by atoms with Crippen LogP contribution in [0.4, 0.5) is 11.8 Å². The Hall–Kier alpha value is -2.99. The molecule has 6 nitrogen and oxygen atoms in total. The van der Waals surface area contributed by atoms with Gasteiger partial charge in [-0.15, -0.1) is 0 Å². The van der Waals surface area contributed by atoms with Gasteiger partial charge in [-0.1, -0.05) is 44.2 Å². The van der Waals surface area contributed by atoms with Crippen molar-refractivity contribution >= 4 is 11.8 Å². The van der Waals surface area contributed by atoms with E-state index in [9.17, 15) is 5.11 Å². The van der Waals surface area contributed by atoms with Crippen LogP contribution in [0.15, 0.2) is 54.7 Å². The van der Waals surface area contributed by atoms with Gasteiger partial charge in [0.2, 0.25) is 5.95 Å². The minimum atomic E-state index is -0.122. The highest BCUT2D eigenvalue weighted by atomic mass is 16.3. The van der Waals surface area contributed by atoms with Crippen LogP contribution in [0.1, 0.15) is 25.0 Å². The molecule has 0 saturated carbocycles. The Bertz CT molecular complexity index is 898. The van der Waals surface area contributed by atoms with Gasteiger partial charge in [-0.25, -0.2) is 4.98 Å². The molecule has 0 bridgehead atoms. The smallest absolute Gasteiger partial charge is 0.225 e. The number of hydrogen-bond acceptors (Lipinski definition) is 6. The molecule has 2 aromatic heterocycles. The average molecular weight is 377 g/mol. The van der Waals surface area contributed by atoms with Crippen LogP contribution in [0.5, 0.6) is 0 Å². The van der Waals surface area contributed by atoms with Crippen LogP contribution in [0.25, 0.3) is 11.4 Å². The first-order chi connectivity index (χ1) is 13.6. The molecule has 1 aromatic carbocycles. The van der Waals surface area contributed by atoms with Crippen LogP contribution in [0.2, 0.25) is 0 Å². The van der Waals surface area contributed by atoms with E-state index in [0.29, 0.717) is 18.3 Å². The van der Waals surface area contributed by atoms with Crippen molar-refractivity contribution in [3.05, 3.63) is 65.9 Å². The maximum Gasteiger partial charge on any atom is 0.225 e. The standard InChI is InChI=1S/C22H27N5O/c1-15(2)20(14-28)26-22-25-19(18-10-6-7-11-23-18)12-21(27-22)24-13-17-9-5-4-8-16(17)3/h4-12,15,20,28H,13-14H2,1-3H3,(H2,24,25,26,27)/t20-/m1/s1. The zero-order valence-electron chi connectivity index (χ0n) is 16.6. The van der Waals surface area contributed by atoms with Gasteiger partial charge in [0, 0.05) is 18.8 Å². The lowest BCUT2D eigenvalue weighted by Crippen LogP contribution is -2.30. The number of nitrogens with zero attached hydrogens (tertiary/aromatic N) is 3. The first-order valence-corrected chi connectivity index (χ1v) is 9.53. The molecule has 146 valence electrons. The number of benzene rings is 1. The van der Waals surface area contributed by atoms with Crippen molar-refractivity contribution in [2.24, 2.45) is 5.92 Å². The minimum Gasteiger partial charge on any atom is -0.394 e. The molecule has 0 aliphatic heterocycles. The fourth-order valence-corrected chi connectivity index (χ4v) is 2.83. The third kappa shape index (κ3) is 5.04. The van der Waals surface area contributed by atoms with Gasteiger partial charge in [0.25, 0.3) is 0 Å². The summed E-state index contributed by atoms with van der Waals surface area (Å²) in [5.74, 6) is 1.43. The fourth-order valence-electron chi connectivity index (χ4n) is 2.83. The third-order valence-electron chi connectivity index (χ3n) is 4.69. The van der Waals surface area contributed by atoms with Gasteiger partial charge in [-0.2, -0.15) is 4.98 Å². The van der Waals surface area contributed by atoms with Crippen LogP contribution < -0.4 is 10.6 Å². The molecule has 0 fully saturated rings. The molecule has 0 aliphatic rings. The van der Waals surface area contributed by atoms with Crippen molar-refractivity contribution < 1.29 is 5.11 Å². The molecule has 0 unspecified atom stereocenters. The van der Waals surface area contributed by atoms with Gasteiger partial charge in [-0.3, -0.25) is 4.98 Å². The summed E-state index contributed by atoms with van der Waals surface area (Å²) in [4.78, 5) is 13.6. The number of pyridine rings is 1. The summed E-state index contributed by atoms with van der Waals surface area (Å²) < 4.78 is 0. The fraction of sp³-hybridized carbons (Fsp3) is 0.318. The van der Waals surface area contributed by atoms with Crippen molar-refractivity contribution in [2.45, 2.75) is 33.4 Å². The van der Waals surface area contributed by atoms with E-state index in [1.165, 1.54) is 11.1 Å². The van der Waals surface area contributed by atoms with Gasteiger partial charge in [0.15, 0.2) is 0 Å². The Balaban J connectivity index is 1.89. The lowest BCUT2D eigenvalue weighted by molar-refractivity contribution is 0.248. The van der Waals surface area contributed by atoms with Crippen LogP contribution in [-0.2, 0) is 6.54 Å². The molecule has 0 radical (unpaired) electrons. The average Bonchev–Trinajstić information content (AvgIpc) is 2.71. The van der Waals surface area contributed by atoms with Crippen molar-refractivity contribution in [1.29, 1.82) is 0 Å². The number of anilines is 2. The van der Waals surface area contributed by atoms with E-state index in [0.717, 1.165) is 11.4 Å². The molecule has 2 heterocycles. The van der Waals surface area contributed by atoms with Crippen LogP contribution in [0, 0.1) is 12.8 Å². The molecular formula is C22H27N5O. The monoisotopic (exact) mass is 377 g/mol. The topological polar surface area (TPSA) is 83.0 Å². The molecule has 3 rings (SSSR count). The Kier molecular flexibility index (Phi) is 6.55. The SMILES string of the molecule is Cc1ccccc1CNc1cc(-c2ccccn2)nc(N[C@H](CO)C(C)C)n1. The molecule has 0 aliphatic carbocycles. The number of aromatic nitrogens is 3. The van der Waals surface area contributed by atoms with Gasteiger partial charge in [-0.05, 0) is 36.1 Å². The maximum absolute atomic E-state index is 9.65. The zero-order chi connectivity index (χ0) is 19.9. The molecule has 3 aromatic rings. The number of aliphatic hydroxyl groups is 1. The predicted octanol–water partition coefficient (Wildman–Crippen LogP) is 3.89. The second kappa shape index (κ2) is 9.28. The molecule has 0 amide bonds. The van der Waals surface area contributed by atoms with E-state index >= 15 is 0 Å². The molecule has 0 spiro atoms. The van der Waals surface area contributed by atoms with Gasteiger partial charge >= 0.3 is 0 Å². The minimum absolute atomic E-state index is 0.0147. The summed E-state index contributed by atoms with van der Waals surface area (Å²) >= 11 is 0. The Morgan fingerprint density at radius 3 is 2.46 bits per heavy atom. The molecule has 28 heavy (non-hydrogen) atoms. The maximum atomic E-state index is 9.65. The van der Waals surface area contributed by atoms with Gasteiger partial charge in [0.05, 0.1) is 24.0 Å². The van der Waals surface area contributed by atoms with E-state index in [-0.39, 0.29) is 18.6 Å². The third-order valence-corrected chi connectivity index (χ3v) is 4.69. The second-order valence-corrected chi connectivity index (χ2v) is 7.13. The Morgan fingerprint density at radius 1 is 1.00 bits per heavy atom. The molecule has 0 saturated heterocycles. The highest BCUT2D eigenvalue weighted by Gasteiger charge is 2.15. The number of rotatable bonds is 8. The lowest BCUT2D eigenvalue weighted by atomic mass is 10.1. The van der Waals surface area contributed by atoms with Crippen molar-refractivity contribution in [2.75, 3.05) is 17.2 Å². The largest absolute Gasteiger partial charge is 0.394 e. The quantitative estimate of drug-likeness (QED) is 0.552. The Morgan fingerprint density at radius 2 is 1.79 bits per heavy atom. The summed E-state index contributed by atoms with van der Waals surface area (Å²) in [7, 11) is 0. The molecule has 1 atom stereocenters. The second-order valence-electron chi connectivity index (χ2n) is 7.13. The summed E-state index contributed by atoms with van der Waals surface area (Å²) in [6.45, 7) is 6.87. The summed E-state index contributed by atoms with van der Waals surface area (Å²) in [6, 6.07) is 15.8. The first-order valence-electron chi connectivity index (χ1n) is 9.53. The predicted molar refractivity (Wildman–Crippen MR) is 113 cm³/mol. The van der Waals surface area contributed by atoms with E-state index in [2.05, 4.69) is 44.6 Å². The van der Waals surface area contributed by atoms with Crippen LogP contribution in [-0.4, -0.2) is 32.7 Å². The summed E-state index contributed by atoms with van der Waals surface area (Å²) in [5.41, 5.74) is 3.95. The van der Waals surface area contributed by atoms with Crippen molar-refractivity contribution in [3.63, 3.8) is 0 Å². The normalized spacial score (nSPS) is 12.0. The van der Waals surface area contributed by atoms with E-state index in [1.54, 1.807) is 6.20 Å². The lowest BCUT2D eigenvalue weighted by Gasteiger charge is -2.20. The molecule has 6 heteroatoms. The van der Waals surface area contributed by atoms with E-state index in [4.69, 9.17) is 0 Å². The van der Waals surface area contributed by atoms with Crippen molar-refractivity contribution in [3.8, 4) is 11.4 Å². The summed E-state index contributed by atoms with van der Waals surface area (Å²) in [6.07, 6.45) is 1.75. The number of nitrogens with one attached hydrogen (secondary N) is 2. The van der Waals surface area contributed by atoms with E-state index in [1.807, 2.05) is 50.2 Å². The number of aryl methyl sites for hydroxylation is 1. The Labute approximate surface area is 166 Å². The van der Waals surface area contributed by atoms with Gasteiger partial charge in [0.1, 0.15) is 5.82 Å². The zero-order valence-corrected chi connectivity index (χ0v) is 16.6. The molecular weight excluding hydrogens is 350 g/mol. The van der Waals surface area contributed by atoms with E-state index < -0.39 is 0 Å². The first kappa shape index (κ1) is 19.8. The highest BCUT2D eigenvalue weighted by molar-refractivity contribution is 5.61. The summed E-state index contributed by atoms with van der Waals surface area (Å²) in [5, 5.41) is 16.3. The van der Waals surface area contributed by atoms with Gasteiger partial charge < -0.3 is 15.7 Å². The van der Waals surface area contributed by atoms with Crippen molar-refractivity contribution in [1.82, 2.24) is 15.0 Å². The highest BCUT2D eigenvalue weighted by Crippen LogP contribution is 2.21. The number of hydrogen-bond donors (Lipinski definition) is 3. The van der Waals surface area contributed by atoms with Crippen LogP contribution in [0.3, 0.4) is 0 Å².